The number of rotatable bonds is 2. The van der Waals surface area contributed by atoms with Gasteiger partial charge in [0.1, 0.15) is 0 Å². The summed E-state index contributed by atoms with van der Waals surface area (Å²) in [5.74, 6) is 0. The van der Waals surface area contributed by atoms with Gasteiger partial charge in [0, 0.05) is 17.1 Å². The van der Waals surface area contributed by atoms with E-state index in [0.717, 1.165) is 12.8 Å². The van der Waals surface area contributed by atoms with Gasteiger partial charge < -0.3 is 5.11 Å². The van der Waals surface area contributed by atoms with E-state index in [1.165, 1.54) is 0 Å². The second-order valence-electron chi connectivity index (χ2n) is 5.30. The zero-order chi connectivity index (χ0) is 13.6. The lowest BCUT2D eigenvalue weighted by Gasteiger charge is -2.36. The highest BCUT2D eigenvalue weighted by Gasteiger charge is 2.46. The lowest BCUT2D eigenvalue weighted by molar-refractivity contribution is 0.0769. The molecular weight excluding hydrogens is 286 g/mol. The van der Waals surface area contributed by atoms with Crippen LogP contribution in [0.4, 0.5) is 0 Å². The topological polar surface area (TPSA) is 57.6 Å². The first-order chi connectivity index (χ1) is 8.98. The molecule has 1 unspecified atom stereocenters. The predicted octanol–water partition coefficient (Wildman–Crippen LogP) is 2.02. The Kier molecular flexibility index (Phi) is 3.33. The van der Waals surface area contributed by atoms with Crippen molar-refractivity contribution >= 4 is 21.6 Å². The van der Waals surface area contributed by atoms with Crippen molar-refractivity contribution < 1.29 is 13.5 Å². The van der Waals surface area contributed by atoms with Gasteiger partial charge in [-0.2, -0.15) is 4.31 Å². The fourth-order valence-corrected chi connectivity index (χ4v) is 5.24. The van der Waals surface area contributed by atoms with Gasteiger partial charge in [0.2, 0.25) is 10.0 Å². The number of sulfonamides is 1. The monoisotopic (exact) mass is 301 g/mol. The second-order valence-corrected chi connectivity index (χ2v) is 7.58. The van der Waals surface area contributed by atoms with Crippen LogP contribution < -0.4 is 0 Å². The number of hydrogen-bond donors (Lipinski definition) is 1. The SMILES string of the molecule is O=S(=O)(c1ccc(Cl)cc1)N1[C@@H]2CC[C@H]1CC(O)C2. The molecule has 19 heavy (non-hydrogen) atoms. The van der Waals surface area contributed by atoms with Crippen LogP contribution in [-0.2, 0) is 10.0 Å². The normalized spacial score (nSPS) is 31.6. The molecule has 0 radical (unpaired) electrons. The molecule has 104 valence electrons. The number of halogens is 1. The molecule has 3 atom stereocenters. The Morgan fingerprint density at radius 2 is 1.63 bits per heavy atom. The first-order valence-electron chi connectivity index (χ1n) is 6.45. The molecule has 6 heteroatoms. The van der Waals surface area contributed by atoms with Crippen molar-refractivity contribution in [3.63, 3.8) is 0 Å². The molecule has 0 aromatic heterocycles. The van der Waals surface area contributed by atoms with E-state index in [1.54, 1.807) is 28.6 Å². The standard InChI is InChI=1S/C13H16ClNO3S/c14-9-1-5-13(6-2-9)19(17,18)15-10-3-4-11(15)8-12(16)7-10/h1-2,5-6,10-12,16H,3-4,7-8H2/t10-,11+,12?. The summed E-state index contributed by atoms with van der Waals surface area (Å²) in [7, 11) is -3.47. The van der Waals surface area contributed by atoms with E-state index in [1.807, 2.05) is 0 Å². The molecule has 0 amide bonds. The number of hydrogen-bond acceptors (Lipinski definition) is 3. The lowest BCUT2D eigenvalue weighted by atomic mass is 10.0. The minimum Gasteiger partial charge on any atom is -0.393 e. The molecule has 2 heterocycles. The molecule has 1 N–H and O–H groups in total. The molecule has 0 aliphatic carbocycles. The van der Waals surface area contributed by atoms with Gasteiger partial charge in [-0.15, -0.1) is 0 Å². The zero-order valence-electron chi connectivity index (χ0n) is 10.4. The first kappa shape index (κ1) is 13.4. The van der Waals surface area contributed by atoms with E-state index in [0.29, 0.717) is 17.9 Å². The molecule has 2 saturated heterocycles. The highest BCUT2D eigenvalue weighted by atomic mass is 35.5. The van der Waals surface area contributed by atoms with E-state index in [4.69, 9.17) is 11.6 Å². The first-order valence-corrected chi connectivity index (χ1v) is 8.27. The minimum absolute atomic E-state index is 0.0607. The quantitative estimate of drug-likeness (QED) is 0.909. The van der Waals surface area contributed by atoms with E-state index in [9.17, 15) is 13.5 Å². The summed E-state index contributed by atoms with van der Waals surface area (Å²) in [4.78, 5) is 0.283. The van der Waals surface area contributed by atoms with Crippen molar-refractivity contribution in [3.8, 4) is 0 Å². The van der Waals surface area contributed by atoms with Crippen LogP contribution in [-0.4, -0.2) is 36.0 Å². The van der Waals surface area contributed by atoms with E-state index in [2.05, 4.69) is 0 Å². The van der Waals surface area contributed by atoms with Crippen LogP contribution in [0.5, 0.6) is 0 Å². The molecule has 2 bridgehead atoms. The molecule has 3 rings (SSSR count). The summed E-state index contributed by atoms with van der Waals surface area (Å²) < 4.78 is 26.9. The molecule has 1 aromatic carbocycles. The maximum Gasteiger partial charge on any atom is 0.243 e. The number of piperidine rings is 1. The van der Waals surface area contributed by atoms with Crippen LogP contribution in [0.3, 0.4) is 0 Å². The molecule has 1 aromatic rings. The van der Waals surface area contributed by atoms with Crippen molar-refractivity contribution in [1.82, 2.24) is 4.31 Å². The van der Waals surface area contributed by atoms with Crippen molar-refractivity contribution in [2.75, 3.05) is 0 Å². The maximum absolute atomic E-state index is 12.7. The van der Waals surface area contributed by atoms with Crippen LogP contribution >= 0.6 is 11.6 Å². The highest BCUT2D eigenvalue weighted by molar-refractivity contribution is 7.89. The van der Waals surface area contributed by atoms with Crippen LogP contribution in [0.25, 0.3) is 0 Å². The van der Waals surface area contributed by atoms with Crippen LogP contribution in [0, 0.1) is 0 Å². The summed E-state index contributed by atoms with van der Waals surface area (Å²) in [6, 6.07) is 6.15. The second kappa shape index (κ2) is 4.74. The Morgan fingerprint density at radius 3 is 2.16 bits per heavy atom. The Hall–Kier alpha value is -0.620. The third-order valence-electron chi connectivity index (χ3n) is 4.03. The van der Waals surface area contributed by atoms with Gasteiger partial charge in [-0.25, -0.2) is 8.42 Å². The maximum atomic E-state index is 12.7. The van der Waals surface area contributed by atoms with E-state index >= 15 is 0 Å². The Bertz CT molecular complexity index is 558. The molecule has 2 fully saturated rings. The molecule has 2 aliphatic heterocycles. The summed E-state index contributed by atoms with van der Waals surface area (Å²) >= 11 is 5.79. The van der Waals surface area contributed by atoms with Gasteiger partial charge >= 0.3 is 0 Å². The third kappa shape index (κ3) is 2.29. The Balaban J connectivity index is 1.95. The van der Waals surface area contributed by atoms with Crippen LogP contribution in [0.2, 0.25) is 5.02 Å². The van der Waals surface area contributed by atoms with Gasteiger partial charge in [-0.3, -0.25) is 0 Å². The Morgan fingerprint density at radius 1 is 1.11 bits per heavy atom. The largest absolute Gasteiger partial charge is 0.393 e. The molecule has 4 nitrogen and oxygen atoms in total. The number of aliphatic hydroxyl groups is 1. The van der Waals surface area contributed by atoms with Gasteiger partial charge in [0.25, 0.3) is 0 Å². The van der Waals surface area contributed by atoms with Crippen LogP contribution in [0.1, 0.15) is 25.7 Å². The van der Waals surface area contributed by atoms with Crippen molar-refractivity contribution in [2.24, 2.45) is 0 Å². The smallest absolute Gasteiger partial charge is 0.243 e. The Labute approximate surface area is 118 Å². The van der Waals surface area contributed by atoms with Gasteiger partial charge in [0.15, 0.2) is 0 Å². The third-order valence-corrected chi connectivity index (χ3v) is 6.30. The number of fused-ring (bicyclic) bond motifs is 2. The van der Waals surface area contributed by atoms with Gasteiger partial charge in [0.05, 0.1) is 11.0 Å². The van der Waals surface area contributed by atoms with E-state index in [-0.39, 0.29) is 23.1 Å². The van der Waals surface area contributed by atoms with Crippen molar-refractivity contribution in [2.45, 2.75) is 48.8 Å². The highest BCUT2D eigenvalue weighted by Crippen LogP contribution is 2.39. The minimum atomic E-state index is -3.47. The fourth-order valence-electron chi connectivity index (χ4n) is 3.23. The molecule has 0 spiro atoms. The summed E-state index contributed by atoms with van der Waals surface area (Å²) in [6.45, 7) is 0. The molecule has 2 aliphatic rings. The average molecular weight is 302 g/mol. The number of benzene rings is 1. The van der Waals surface area contributed by atoms with Crippen molar-refractivity contribution in [3.05, 3.63) is 29.3 Å². The molecule has 0 saturated carbocycles. The number of aliphatic hydroxyl groups excluding tert-OH is 1. The summed E-state index contributed by atoms with van der Waals surface area (Å²) in [5, 5.41) is 10.3. The van der Waals surface area contributed by atoms with Crippen molar-refractivity contribution in [1.29, 1.82) is 0 Å². The average Bonchev–Trinajstić information content (AvgIpc) is 2.64. The number of nitrogens with zero attached hydrogens (tertiary/aromatic N) is 1. The van der Waals surface area contributed by atoms with Crippen LogP contribution in [0.15, 0.2) is 29.2 Å². The van der Waals surface area contributed by atoms with Gasteiger partial charge in [-0.05, 0) is 49.9 Å². The van der Waals surface area contributed by atoms with E-state index < -0.39 is 10.0 Å². The summed E-state index contributed by atoms with van der Waals surface area (Å²) in [5.41, 5.74) is 0. The lowest BCUT2D eigenvalue weighted by Crippen LogP contribution is -2.47. The predicted molar refractivity (Wildman–Crippen MR) is 72.5 cm³/mol. The van der Waals surface area contributed by atoms with Gasteiger partial charge in [-0.1, -0.05) is 11.6 Å². The fraction of sp³-hybridized carbons (Fsp3) is 0.538. The molecular formula is C13H16ClNO3S. The zero-order valence-corrected chi connectivity index (χ0v) is 11.9. The summed E-state index contributed by atoms with van der Waals surface area (Å²) in [6.07, 6.45) is 2.41.